The van der Waals surface area contributed by atoms with Gasteiger partial charge in [-0.15, -0.1) is 0 Å². The van der Waals surface area contributed by atoms with E-state index in [2.05, 4.69) is 189 Å². The molecule has 2 aromatic heterocycles. The van der Waals surface area contributed by atoms with Crippen molar-refractivity contribution < 1.29 is 4.42 Å². The molecule has 0 fully saturated rings. The highest BCUT2D eigenvalue weighted by molar-refractivity contribution is 7.99. The third kappa shape index (κ3) is 5.47. The summed E-state index contributed by atoms with van der Waals surface area (Å²) in [6.45, 7) is 2.27. The van der Waals surface area contributed by atoms with Crippen LogP contribution in [0.1, 0.15) is 41.2 Å². The van der Waals surface area contributed by atoms with Gasteiger partial charge in [-0.1, -0.05) is 189 Å². The molecular formula is C59H39N3OS. The van der Waals surface area contributed by atoms with Gasteiger partial charge in [0.1, 0.15) is 5.58 Å². The molecule has 1 aliphatic heterocycles. The Kier molecular flexibility index (Phi) is 8.37. The van der Waals surface area contributed by atoms with E-state index in [-0.39, 0.29) is 0 Å². The van der Waals surface area contributed by atoms with Gasteiger partial charge in [-0.3, -0.25) is 0 Å². The molecule has 0 radical (unpaired) electrons. The maximum atomic E-state index is 5.86. The molecule has 3 heterocycles. The number of fused-ring (bicyclic) bond motifs is 12. The SMILES string of the molecule is CCCc1ccc2c(c1)C1(c3ccccc3Sc3cc(-c4cccc5occc45)ccc31)c1cccc(-c3nc(-c4cccc5ccccc45)nc(-c4cccc5ccccc45)n3)c1-2. The normalized spacial score (nSPS) is 14.8. The van der Waals surface area contributed by atoms with Crippen LogP contribution in [0.25, 0.3) is 88.9 Å². The fourth-order valence-electron chi connectivity index (χ4n) is 10.7. The summed E-state index contributed by atoms with van der Waals surface area (Å²) in [5.41, 5.74) is 14.4. The first-order valence-corrected chi connectivity index (χ1v) is 22.9. The summed E-state index contributed by atoms with van der Waals surface area (Å²) in [7, 11) is 0. The standard InChI is InChI=1S/C59H39N3OS/c1-2-13-36-28-30-46-51(34-36)59(48-24-7-8-27-53(48)64-54-35-39(29-31-49(54)59)42-20-12-26-52-43(42)32-33-63-52)50-25-11-23-47(55(46)50)58-61-56(44-21-9-16-37-14-3-5-18-40(37)44)60-57(62-58)45-22-10-17-38-15-4-6-19-41(38)45/h3-12,14-35H,2,13H2,1H3. The minimum atomic E-state index is -0.592. The Morgan fingerprint density at radius 2 is 1.06 bits per heavy atom. The zero-order valence-electron chi connectivity index (χ0n) is 35.0. The highest BCUT2D eigenvalue weighted by Gasteiger charge is 2.51. The lowest BCUT2D eigenvalue weighted by atomic mass is 9.67. The molecule has 302 valence electrons. The molecule has 64 heavy (non-hydrogen) atoms. The maximum Gasteiger partial charge on any atom is 0.164 e. The highest BCUT2D eigenvalue weighted by atomic mass is 32.2. The molecule has 5 heteroatoms. The summed E-state index contributed by atoms with van der Waals surface area (Å²) >= 11 is 1.87. The first kappa shape index (κ1) is 37.0. The second-order valence-corrected chi connectivity index (χ2v) is 18.0. The van der Waals surface area contributed by atoms with Crippen LogP contribution in [0.4, 0.5) is 0 Å². The monoisotopic (exact) mass is 837 g/mol. The molecule has 0 saturated carbocycles. The maximum absolute atomic E-state index is 5.86. The lowest BCUT2D eigenvalue weighted by Crippen LogP contribution is -2.32. The number of hydrogen-bond donors (Lipinski definition) is 0. The first-order valence-electron chi connectivity index (χ1n) is 22.1. The number of hydrogen-bond acceptors (Lipinski definition) is 5. The number of furan rings is 1. The average Bonchev–Trinajstić information content (AvgIpc) is 3.95. The van der Waals surface area contributed by atoms with Crippen LogP contribution in [-0.4, -0.2) is 15.0 Å². The van der Waals surface area contributed by atoms with Gasteiger partial charge in [0.05, 0.1) is 11.7 Å². The van der Waals surface area contributed by atoms with Gasteiger partial charge in [0, 0.05) is 31.9 Å². The van der Waals surface area contributed by atoms with Gasteiger partial charge in [-0.25, -0.2) is 15.0 Å². The summed E-state index contributed by atoms with van der Waals surface area (Å²) in [6.07, 6.45) is 3.85. The molecular weight excluding hydrogens is 799 g/mol. The zero-order valence-corrected chi connectivity index (χ0v) is 35.9. The molecule has 13 rings (SSSR count). The van der Waals surface area contributed by atoms with E-state index in [1.165, 1.54) is 59.9 Å². The lowest BCUT2D eigenvalue weighted by molar-refractivity contribution is 0.616. The van der Waals surface area contributed by atoms with Crippen molar-refractivity contribution in [3.63, 3.8) is 0 Å². The molecule has 1 spiro atoms. The molecule has 11 aromatic rings. The van der Waals surface area contributed by atoms with Crippen LogP contribution in [0.5, 0.6) is 0 Å². The van der Waals surface area contributed by atoms with Crippen LogP contribution in [-0.2, 0) is 11.8 Å². The van der Waals surface area contributed by atoms with Gasteiger partial charge < -0.3 is 4.42 Å². The summed E-state index contributed by atoms with van der Waals surface area (Å²) < 4.78 is 5.86. The van der Waals surface area contributed by atoms with Gasteiger partial charge in [-0.05, 0) is 102 Å². The van der Waals surface area contributed by atoms with E-state index >= 15 is 0 Å². The Bertz CT molecular complexity index is 3590. The Morgan fingerprint density at radius 1 is 0.453 bits per heavy atom. The minimum Gasteiger partial charge on any atom is -0.464 e. The van der Waals surface area contributed by atoms with Crippen molar-refractivity contribution in [1.82, 2.24) is 15.0 Å². The van der Waals surface area contributed by atoms with Crippen molar-refractivity contribution in [2.24, 2.45) is 0 Å². The summed E-state index contributed by atoms with van der Waals surface area (Å²) in [5.74, 6) is 1.96. The Hall–Kier alpha value is -7.60. The van der Waals surface area contributed by atoms with Crippen LogP contribution >= 0.6 is 11.8 Å². The molecule has 9 aromatic carbocycles. The van der Waals surface area contributed by atoms with Crippen LogP contribution in [0.3, 0.4) is 0 Å². The number of aryl methyl sites for hydroxylation is 1. The van der Waals surface area contributed by atoms with E-state index in [4.69, 9.17) is 19.4 Å². The number of aromatic nitrogens is 3. The quantitative estimate of drug-likeness (QED) is 0.167. The Balaban J connectivity index is 1.10. The van der Waals surface area contributed by atoms with Crippen LogP contribution in [0.15, 0.2) is 209 Å². The smallest absolute Gasteiger partial charge is 0.164 e. The van der Waals surface area contributed by atoms with E-state index in [0.29, 0.717) is 17.5 Å². The molecule has 2 aliphatic rings. The number of nitrogens with zero attached hydrogens (tertiary/aromatic N) is 3. The topological polar surface area (TPSA) is 51.8 Å². The number of benzene rings is 9. The molecule has 0 bridgehead atoms. The van der Waals surface area contributed by atoms with Gasteiger partial charge in [-0.2, -0.15) is 0 Å². The molecule has 4 nitrogen and oxygen atoms in total. The predicted octanol–water partition coefficient (Wildman–Crippen LogP) is 15.4. The number of rotatable bonds is 6. The van der Waals surface area contributed by atoms with Crippen molar-refractivity contribution in [3.05, 3.63) is 222 Å². The summed E-state index contributed by atoms with van der Waals surface area (Å²) in [6, 6.07) is 68.3. The van der Waals surface area contributed by atoms with E-state index < -0.39 is 5.41 Å². The molecule has 0 amide bonds. The second kappa shape index (κ2) is 14.5. The van der Waals surface area contributed by atoms with Gasteiger partial charge in [0.2, 0.25) is 0 Å². The van der Waals surface area contributed by atoms with Crippen molar-refractivity contribution >= 4 is 44.3 Å². The second-order valence-electron chi connectivity index (χ2n) is 16.9. The molecule has 1 atom stereocenters. The Morgan fingerprint density at radius 3 is 1.83 bits per heavy atom. The molecule has 0 saturated heterocycles. The largest absolute Gasteiger partial charge is 0.464 e. The average molecular weight is 838 g/mol. The minimum absolute atomic E-state index is 0.592. The van der Waals surface area contributed by atoms with E-state index in [1.54, 1.807) is 6.26 Å². The van der Waals surface area contributed by atoms with E-state index in [9.17, 15) is 0 Å². The zero-order chi connectivity index (χ0) is 42.4. The van der Waals surface area contributed by atoms with Crippen molar-refractivity contribution in [2.75, 3.05) is 0 Å². The molecule has 1 unspecified atom stereocenters. The summed E-state index contributed by atoms with van der Waals surface area (Å²) in [5, 5.41) is 5.61. The van der Waals surface area contributed by atoms with Gasteiger partial charge in [0.25, 0.3) is 0 Å². The van der Waals surface area contributed by atoms with Crippen LogP contribution < -0.4 is 0 Å². The lowest BCUT2D eigenvalue weighted by Gasteiger charge is -2.40. The highest BCUT2D eigenvalue weighted by Crippen LogP contribution is 2.64. The first-order chi connectivity index (χ1) is 31.7. The van der Waals surface area contributed by atoms with Crippen molar-refractivity contribution in [3.8, 4) is 56.4 Å². The van der Waals surface area contributed by atoms with Crippen molar-refractivity contribution in [1.29, 1.82) is 0 Å². The molecule has 1 aliphatic carbocycles. The van der Waals surface area contributed by atoms with Crippen molar-refractivity contribution in [2.45, 2.75) is 35.0 Å². The van der Waals surface area contributed by atoms with Gasteiger partial charge in [0.15, 0.2) is 17.5 Å². The third-order valence-electron chi connectivity index (χ3n) is 13.4. The molecule has 0 N–H and O–H groups in total. The fraction of sp³-hybridized carbons (Fsp3) is 0.0678. The van der Waals surface area contributed by atoms with Crippen LogP contribution in [0, 0.1) is 0 Å². The third-order valence-corrected chi connectivity index (χ3v) is 14.5. The van der Waals surface area contributed by atoms with E-state index in [0.717, 1.165) is 62.0 Å². The predicted molar refractivity (Wildman–Crippen MR) is 262 cm³/mol. The van der Waals surface area contributed by atoms with Crippen LogP contribution in [0.2, 0.25) is 0 Å². The summed E-state index contributed by atoms with van der Waals surface area (Å²) in [4.78, 5) is 18.8. The van der Waals surface area contributed by atoms with Gasteiger partial charge >= 0.3 is 0 Å². The van der Waals surface area contributed by atoms with E-state index in [1.807, 2.05) is 17.8 Å². The Labute approximate surface area is 375 Å². The fourth-order valence-corrected chi connectivity index (χ4v) is 11.9.